The van der Waals surface area contributed by atoms with E-state index < -0.39 is 0 Å². The van der Waals surface area contributed by atoms with Gasteiger partial charge in [-0.05, 0) is 30.3 Å². The van der Waals surface area contributed by atoms with E-state index in [1.54, 1.807) is 24.4 Å². The number of benzene rings is 1. The molecule has 0 saturated carbocycles. The van der Waals surface area contributed by atoms with E-state index in [9.17, 15) is 4.79 Å². The molecule has 1 aromatic carbocycles. The highest BCUT2D eigenvalue weighted by atomic mass is 16.5. The van der Waals surface area contributed by atoms with Gasteiger partial charge in [-0.3, -0.25) is 4.79 Å². The summed E-state index contributed by atoms with van der Waals surface area (Å²) in [5.41, 5.74) is 1.16. The molecule has 3 heterocycles. The number of piperazine rings is 1. The van der Waals surface area contributed by atoms with Gasteiger partial charge in [0.2, 0.25) is 0 Å². The summed E-state index contributed by atoms with van der Waals surface area (Å²) < 4.78 is 11.3. The normalized spacial score (nSPS) is 16.4. The number of nitriles is 1. The van der Waals surface area contributed by atoms with Crippen LogP contribution < -0.4 is 14.4 Å². The van der Waals surface area contributed by atoms with Crippen LogP contribution in [0.4, 0.5) is 5.82 Å². The first-order chi connectivity index (χ1) is 13.2. The largest absolute Gasteiger partial charge is 0.490 e. The van der Waals surface area contributed by atoms with Crippen molar-refractivity contribution in [2.75, 3.05) is 44.3 Å². The number of nitrogens with zero attached hydrogens (tertiary/aromatic N) is 4. The predicted octanol–water partition coefficient (Wildman–Crippen LogP) is 2.08. The number of ether oxygens (including phenoxy) is 2. The van der Waals surface area contributed by atoms with Crippen molar-refractivity contribution in [2.45, 2.75) is 6.42 Å². The lowest BCUT2D eigenvalue weighted by atomic mass is 10.1. The van der Waals surface area contributed by atoms with E-state index in [-0.39, 0.29) is 5.91 Å². The van der Waals surface area contributed by atoms with Crippen LogP contribution in [0.1, 0.15) is 22.3 Å². The van der Waals surface area contributed by atoms with Gasteiger partial charge in [-0.25, -0.2) is 4.98 Å². The van der Waals surface area contributed by atoms with Gasteiger partial charge in [0.05, 0.1) is 18.8 Å². The third-order valence-electron chi connectivity index (χ3n) is 4.76. The molecule has 0 unspecified atom stereocenters. The third kappa shape index (κ3) is 3.65. The van der Waals surface area contributed by atoms with Gasteiger partial charge in [0.1, 0.15) is 11.9 Å². The van der Waals surface area contributed by atoms with Gasteiger partial charge in [0.15, 0.2) is 11.5 Å². The van der Waals surface area contributed by atoms with Crippen LogP contribution >= 0.6 is 0 Å². The van der Waals surface area contributed by atoms with Crippen LogP contribution in [-0.2, 0) is 0 Å². The molecule has 1 saturated heterocycles. The van der Waals surface area contributed by atoms with Crippen molar-refractivity contribution < 1.29 is 14.3 Å². The topological polar surface area (TPSA) is 78.7 Å². The summed E-state index contributed by atoms with van der Waals surface area (Å²) in [4.78, 5) is 21.2. The highest BCUT2D eigenvalue weighted by Crippen LogP contribution is 2.31. The number of amides is 1. The second-order valence-electron chi connectivity index (χ2n) is 6.51. The van der Waals surface area contributed by atoms with Gasteiger partial charge in [-0.2, -0.15) is 5.26 Å². The zero-order valence-corrected chi connectivity index (χ0v) is 14.9. The number of carbonyl (C=O) groups is 1. The van der Waals surface area contributed by atoms with Crippen LogP contribution in [0.5, 0.6) is 11.5 Å². The SMILES string of the molecule is N#Cc1ccc(N2CCN(C(=O)c3ccc4c(c3)OCCCO4)CC2)nc1. The molecule has 1 fully saturated rings. The lowest BCUT2D eigenvalue weighted by Gasteiger charge is -2.35. The smallest absolute Gasteiger partial charge is 0.254 e. The van der Waals surface area contributed by atoms with Gasteiger partial charge in [-0.15, -0.1) is 0 Å². The Bertz CT molecular complexity index is 868. The van der Waals surface area contributed by atoms with E-state index in [0.717, 1.165) is 12.2 Å². The van der Waals surface area contributed by atoms with Crippen molar-refractivity contribution in [2.24, 2.45) is 0 Å². The van der Waals surface area contributed by atoms with Gasteiger partial charge >= 0.3 is 0 Å². The minimum absolute atomic E-state index is 0.00177. The van der Waals surface area contributed by atoms with Gasteiger partial charge in [-0.1, -0.05) is 0 Å². The fourth-order valence-electron chi connectivity index (χ4n) is 3.26. The number of hydrogen-bond donors (Lipinski definition) is 0. The number of carbonyl (C=O) groups excluding carboxylic acids is 1. The monoisotopic (exact) mass is 364 g/mol. The summed E-state index contributed by atoms with van der Waals surface area (Å²) in [6.45, 7) is 3.88. The molecule has 0 radical (unpaired) electrons. The van der Waals surface area contributed by atoms with Crippen LogP contribution in [0.25, 0.3) is 0 Å². The van der Waals surface area contributed by atoms with E-state index in [4.69, 9.17) is 14.7 Å². The molecule has 2 aromatic rings. The molecular formula is C20H20N4O3. The van der Waals surface area contributed by atoms with Crippen LogP contribution in [0.3, 0.4) is 0 Å². The van der Waals surface area contributed by atoms with E-state index in [0.29, 0.717) is 62.0 Å². The minimum atomic E-state index is -0.00177. The summed E-state index contributed by atoms with van der Waals surface area (Å²) in [7, 11) is 0. The fraction of sp³-hybridized carbons (Fsp3) is 0.350. The Labute approximate surface area is 157 Å². The maximum absolute atomic E-state index is 12.9. The van der Waals surface area contributed by atoms with E-state index in [1.165, 1.54) is 0 Å². The quantitative estimate of drug-likeness (QED) is 0.812. The molecule has 1 aromatic heterocycles. The van der Waals surface area contributed by atoms with Crippen molar-refractivity contribution in [3.05, 3.63) is 47.7 Å². The van der Waals surface area contributed by atoms with E-state index in [2.05, 4.69) is 16.0 Å². The Morgan fingerprint density at radius 1 is 1.04 bits per heavy atom. The molecule has 2 aliphatic heterocycles. The molecular weight excluding hydrogens is 344 g/mol. The maximum Gasteiger partial charge on any atom is 0.254 e. The Kier molecular flexibility index (Phi) is 4.79. The summed E-state index contributed by atoms with van der Waals surface area (Å²) in [5, 5.41) is 8.87. The number of fused-ring (bicyclic) bond motifs is 1. The molecule has 4 rings (SSSR count). The lowest BCUT2D eigenvalue weighted by molar-refractivity contribution is 0.0746. The zero-order valence-electron chi connectivity index (χ0n) is 14.9. The van der Waals surface area contributed by atoms with Gasteiger partial charge in [0, 0.05) is 44.4 Å². The van der Waals surface area contributed by atoms with Gasteiger partial charge < -0.3 is 19.3 Å². The van der Waals surface area contributed by atoms with Crippen LogP contribution in [0, 0.1) is 11.3 Å². The molecule has 27 heavy (non-hydrogen) atoms. The van der Waals surface area contributed by atoms with E-state index >= 15 is 0 Å². The van der Waals surface area contributed by atoms with Crippen molar-refractivity contribution in [1.29, 1.82) is 5.26 Å². The van der Waals surface area contributed by atoms with Gasteiger partial charge in [0.25, 0.3) is 5.91 Å². The molecule has 2 aliphatic rings. The standard InChI is InChI=1S/C20H20N4O3/c21-13-15-2-5-19(22-14-15)23-6-8-24(9-7-23)20(25)16-3-4-17-18(12-16)27-11-1-10-26-17/h2-5,12,14H,1,6-11H2. The summed E-state index contributed by atoms with van der Waals surface area (Å²) in [6, 6.07) is 11.1. The molecule has 0 atom stereocenters. The summed E-state index contributed by atoms with van der Waals surface area (Å²) >= 11 is 0. The molecule has 7 heteroatoms. The summed E-state index contributed by atoms with van der Waals surface area (Å²) in [6.07, 6.45) is 2.41. The van der Waals surface area contributed by atoms with Crippen molar-refractivity contribution in [3.63, 3.8) is 0 Å². The number of aromatic nitrogens is 1. The third-order valence-corrected chi connectivity index (χ3v) is 4.76. The van der Waals surface area contributed by atoms with Crippen LogP contribution in [0.15, 0.2) is 36.5 Å². The number of hydrogen-bond acceptors (Lipinski definition) is 6. The number of anilines is 1. The molecule has 1 amide bonds. The highest BCUT2D eigenvalue weighted by molar-refractivity contribution is 5.95. The first kappa shape index (κ1) is 17.2. The predicted molar refractivity (Wildman–Crippen MR) is 99.1 cm³/mol. The Morgan fingerprint density at radius 3 is 2.52 bits per heavy atom. The molecule has 0 bridgehead atoms. The van der Waals surface area contributed by atoms with Crippen molar-refractivity contribution in [3.8, 4) is 17.6 Å². The lowest BCUT2D eigenvalue weighted by Crippen LogP contribution is -2.49. The molecule has 0 N–H and O–H groups in total. The average molecular weight is 364 g/mol. The number of rotatable bonds is 2. The Morgan fingerprint density at radius 2 is 1.81 bits per heavy atom. The second-order valence-corrected chi connectivity index (χ2v) is 6.51. The van der Waals surface area contributed by atoms with Crippen LogP contribution in [0.2, 0.25) is 0 Å². The first-order valence-electron chi connectivity index (χ1n) is 9.04. The Balaban J connectivity index is 1.41. The zero-order chi connectivity index (χ0) is 18.6. The average Bonchev–Trinajstić information content (AvgIpc) is 2.98. The fourth-order valence-corrected chi connectivity index (χ4v) is 3.26. The molecule has 0 spiro atoms. The first-order valence-corrected chi connectivity index (χ1v) is 9.04. The van der Waals surface area contributed by atoms with Crippen molar-refractivity contribution >= 4 is 11.7 Å². The van der Waals surface area contributed by atoms with Crippen molar-refractivity contribution in [1.82, 2.24) is 9.88 Å². The van der Waals surface area contributed by atoms with E-state index in [1.807, 2.05) is 17.0 Å². The molecule has 138 valence electrons. The molecule has 0 aliphatic carbocycles. The van der Waals surface area contributed by atoms with Crippen LogP contribution in [-0.4, -0.2) is 55.2 Å². The Hall–Kier alpha value is -3.27. The molecule has 7 nitrogen and oxygen atoms in total. The second kappa shape index (κ2) is 7.54. The maximum atomic E-state index is 12.9. The summed E-state index contributed by atoms with van der Waals surface area (Å²) in [5.74, 6) is 2.16. The minimum Gasteiger partial charge on any atom is -0.490 e. The number of pyridine rings is 1. The highest BCUT2D eigenvalue weighted by Gasteiger charge is 2.24.